The van der Waals surface area contributed by atoms with Crippen LogP contribution in [0.3, 0.4) is 0 Å². The zero-order valence-corrected chi connectivity index (χ0v) is 20.7. The highest BCUT2D eigenvalue weighted by Crippen LogP contribution is 2.41. The zero-order chi connectivity index (χ0) is 28.8. The van der Waals surface area contributed by atoms with Gasteiger partial charge in [-0.15, -0.1) is 0 Å². The van der Waals surface area contributed by atoms with Crippen LogP contribution in [-0.4, -0.2) is 33.1 Å². The number of anilines is 2. The molecule has 1 aliphatic heterocycles. The molecule has 6 nitrogen and oxygen atoms in total. The van der Waals surface area contributed by atoms with E-state index in [1.54, 1.807) is 6.92 Å². The maximum atomic E-state index is 14.3. The topological polar surface area (TPSA) is 75.7 Å². The van der Waals surface area contributed by atoms with Gasteiger partial charge >= 0.3 is 12.4 Å². The van der Waals surface area contributed by atoms with Gasteiger partial charge in [-0.25, -0.2) is 12.8 Å². The Bertz CT molecular complexity index is 1500. The highest BCUT2D eigenvalue weighted by atomic mass is 32.2. The molecule has 1 heterocycles. The van der Waals surface area contributed by atoms with Gasteiger partial charge < -0.3 is 10.1 Å². The van der Waals surface area contributed by atoms with Crippen LogP contribution in [-0.2, 0) is 16.2 Å². The second-order valence-electron chi connectivity index (χ2n) is 8.71. The van der Waals surface area contributed by atoms with E-state index in [0.717, 1.165) is 29.8 Å². The summed E-state index contributed by atoms with van der Waals surface area (Å²) in [4.78, 5) is 12.4. The molecule has 4 rings (SSSR count). The molecule has 0 saturated carbocycles. The fourth-order valence-electron chi connectivity index (χ4n) is 4.00. The molecule has 208 valence electrons. The van der Waals surface area contributed by atoms with Crippen LogP contribution in [0, 0.1) is 12.7 Å². The lowest BCUT2D eigenvalue weighted by atomic mass is 10.1. The number of benzene rings is 3. The van der Waals surface area contributed by atoms with Crippen molar-refractivity contribution >= 4 is 27.3 Å². The number of hydrogen-bond donors (Lipinski definition) is 1. The number of sulfonamides is 1. The number of carbonyl (C=O) groups excluding carboxylic acids is 1. The fourth-order valence-corrected chi connectivity index (χ4v) is 5.50. The van der Waals surface area contributed by atoms with Gasteiger partial charge in [0.25, 0.3) is 15.9 Å². The van der Waals surface area contributed by atoms with E-state index < -0.39 is 64.3 Å². The fraction of sp³-hybridized carbons (Fsp3) is 0.240. The van der Waals surface area contributed by atoms with Crippen molar-refractivity contribution in [3.8, 4) is 5.75 Å². The summed E-state index contributed by atoms with van der Waals surface area (Å²) >= 11 is 0. The van der Waals surface area contributed by atoms with Gasteiger partial charge in [0.2, 0.25) is 0 Å². The van der Waals surface area contributed by atoms with Crippen LogP contribution in [0.4, 0.5) is 42.1 Å². The van der Waals surface area contributed by atoms with E-state index >= 15 is 0 Å². The maximum Gasteiger partial charge on any atom is 0.417 e. The minimum absolute atomic E-state index is 0.234. The number of rotatable bonds is 5. The van der Waals surface area contributed by atoms with E-state index in [4.69, 9.17) is 4.74 Å². The summed E-state index contributed by atoms with van der Waals surface area (Å²) in [6.07, 6.45) is -12.8. The molecule has 3 aromatic rings. The number of amides is 1. The molecule has 39 heavy (non-hydrogen) atoms. The molecule has 0 spiro atoms. The van der Waals surface area contributed by atoms with Crippen molar-refractivity contribution in [3.05, 3.63) is 83.2 Å². The molecule has 0 aromatic heterocycles. The highest BCUT2D eigenvalue weighted by Gasteiger charge is 2.41. The summed E-state index contributed by atoms with van der Waals surface area (Å²) in [5, 5.41) is 2.09. The lowest BCUT2D eigenvalue weighted by molar-refractivity contribution is -0.150. The van der Waals surface area contributed by atoms with E-state index in [1.165, 1.54) is 24.3 Å². The van der Waals surface area contributed by atoms with Gasteiger partial charge in [0, 0.05) is 5.69 Å². The number of nitrogens with zero attached hydrogens (tertiary/aromatic N) is 1. The van der Waals surface area contributed by atoms with Crippen molar-refractivity contribution in [2.24, 2.45) is 0 Å². The summed E-state index contributed by atoms with van der Waals surface area (Å²) in [6, 6.07) is 10.6. The van der Waals surface area contributed by atoms with Crippen molar-refractivity contribution in [3.63, 3.8) is 0 Å². The third kappa shape index (κ3) is 6.10. The van der Waals surface area contributed by atoms with Crippen molar-refractivity contribution in [1.29, 1.82) is 0 Å². The summed E-state index contributed by atoms with van der Waals surface area (Å²) in [7, 11) is -4.45. The first-order valence-corrected chi connectivity index (χ1v) is 12.6. The molecular formula is C25H19F7N2O4S. The summed E-state index contributed by atoms with van der Waals surface area (Å²) in [5.41, 5.74) is -2.61. The molecule has 3 aromatic carbocycles. The Morgan fingerprint density at radius 1 is 1.03 bits per heavy atom. The predicted octanol–water partition coefficient (Wildman–Crippen LogP) is 6.31. The van der Waals surface area contributed by atoms with Gasteiger partial charge in [-0.05, 0) is 49.4 Å². The Morgan fingerprint density at radius 2 is 1.69 bits per heavy atom. The Balaban J connectivity index is 1.75. The van der Waals surface area contributed by atoms with Gasteiger partial charge in [-0.3, -0.25) is 9.10 Å². The summed E-state index contributed by atoms with van der Waals surface area (Å²) in [5.74, 6) is -3.19. The second-order valence-corrected chi connectivity index (χ2v) is 10.6. The van der Waals surface area contributed by atoms with Gasteiger partial charge in [0.1, 0.15) is 17.7 Å². The predicted molar refractivity (Wildman–Crippen MR) is 127 cm³/mol. The van der Waals surface area contributed by atoms with Crippen LogP contribution in [0.1, 0.15) is 27.9 Å². The van der Waals surface area contributed by atoms with Crippen LogP contribution < -0.4 is 14.4 Å². The molecule has 0 saturated heterocycles. The van der Waals surface area contributed by atoms with Gasteiger partial charge in [0.05, 0.1) is 34.7 Å². The highest BCUT2D eigenvalue weighted by molar-refractivity contribution is 7.92. The minimum Gasteiger partial charge on any atom is -0.486 e. The largest absolute Gasteiger partial charge is 0.486 e. The first kappa shape index (κ1) is 28.2. The SMILES string of the molecule is Cc1ccc(S(=O)(=O)N2CC(CC(F)(F)F)Oc3ccc(NC(=O)c4c(F)cccc4C(F)(F)F)cc32)cc1. The lowest BCUT2D eigenvalue weighted by Crippen LogP contribution is -2.45. The lowest BCUT2D eigenvalue weighted by Gasteiger charge is -2.36. The minimum atomic E-state index is -5.05. The number of aryl methyl sites for hydroxylation is 1. The molecule has 0 bridgehead atoms. The molecule has 14 heteroatoms. The Kier molecular flexibility index (Phi) is 7.27. The first-order chi connectivity index (χ1) is 18.1. The second kappa shape index (κ2) is 10.1. The average molecular weight is 576 g/mol. The van der Waals surface area contributed by atoms with E-state index in [1.807, 2.05) is 0 Å². The average Bonchev–Trinajstić information content (AvgIpc) is 2.82. The summed E-state index contributed by atoms with van der Waals surface area (Å²) in [6.45, 7) is 0.959. The molecule has 1 aliphatic rings. The van der Waals surface area contributed by atoms with Gasteiger partial charge in [-0.1, -0.05) is 23.8 Å². The van der Waals surface area contributed by atoms with Crippen molar-refractivity contribution in [2.45, 2.75) is 36.7 Å². The van der Waals surface area contributed by atoms with E-state index in [2.05, 4.69) is 5.32 Å². The number of halogens is 7. The Morgan fingerprint density at radius 3 is 2.31 bits per heavy atom. The quantitative estimate of drug-likeness (QED) is 0.361. The van der Waals surface area contributed by atoms with Crippen LogP contribution >= 0.6 is 0 Å². The standard InChI is InChI=1S/C25H19F7N2O4S/c1-14-5-8-17(9-6-14)39(36,37)34-13-16(12-24(27,28)29)38-21-10-7-15(11-20(21)34)33-23(35)22-18(25(30,31)32)3-2-4-19(22)26/h2-11,16H,12-13H2,1H3,(H,33,35). The van der Waals surface area contributed by atoms with Crippen LogP contribution in [0.25, 0.3) is 0 Å². The number of alkyl halides is 6. The van der Waals surface area contributed by atoms with Crippen molar-refractivity contribution < 1.29 is 48.7 Å². The molecule has 1 amide bonds. The Labute approximate surface area is 218 Å². The third-order valence-corrected chi connectivity index (χ3v) is 7.56. The summed E-state index contributed by atoms with van der Waals surface area (Å²) < 4.78 is 127. The molecule has 1 unspecified atom stereocenters. The van der Waals surface area contributed by atoms with Crippen molar-refractivity contribution in [1.82, 2.24) is 0 Å². The van der Waals surface area contributed by atoms with Crippen molar-refractivity contribution in [2.75, 3.05) is 16.2 Å². The molecule has 1 atom stereocenters. The molecule has 0 fully saturated rings. The van der Waals surface area contributed by atoms with Crippen LogP contribution in [0.15, 0.2) is 65.6 Å². The zero-order valence-electron chi connectivity index (χ0n) is 19.9. The van der Waals surface area contributed by atoms with Gasteiger partial charge in [-0.2, -0.15) is 26.3 Å². The third-order valence-electron chi connectivity index (χ3n) is 5.76. The number of carbonyl (C=O) groups is 1. The van der Waals surface area contributed by atoms with Crippen LogP contribution in [0.5, 0.6) is 5.75 Å². The number of ether oxygens (including phenoxy) is 1. The molecule has 0 aliphatic carbocycles. The van der Waals surface area contributed by atoms with E-state index in [-0.39, 0.29) is 22.0 Å². The smallest absolute Gasteiger partial charge is 0.417 e. The van der Waals surface area contributed by atoms with Crippen LogP contribution in [0.2, 0.25) is 0 Å². The van der Waals surface area contributed by atoms with Gasteiger partial charge in [0.15, 0.2) is 0 Å². The number of hydrogen-bond acceptors (Lipinski definition) is 4. The molecular weight excluding hydrogens is 557 g/mol. The first-order valence-electron chi connectivity index (χ1n) is 11.2. The number of fused-ring (bicyclic) bond motifs is 1. The normalized spacial score (nSPS) is 15.9. The monoisotopic (exact) mass is 576 g/mol. The maximum absolute atomic E-state index is 14.3. The van der Waals surface area contributed by atoms with E-state index in [0.29, 0.717) is 16.4 Å². The molecule has 0 radical (unpaired) electrons. The number of nitrogens with one attached hydrogen (secondary N) is 1. The molecule has 1 N–H and O–H groups in total. The Hall–Kier alpha value is -3.81. The van der Waals surface area contributed by atoms with E-state index in [9.17, 15) is 43.9 Å².